The molecular formula is C44H30O6. The van der Waals surface area contributed by atoms with Crippen LogP contribution in [0.1, 0.15) is 0 Å². The molecule has 2 N–H and O–H groups in total. The van der Waals surface area contributed by atoms with Crippen LogP contribution in [0.25, 0.3) is 76.5 Å². The van der Waals surface area contributed by atoms with E-state index in [0.29, 0.717) is 22.6 Å². The number of ether oxygens (including phenoxy) is 2. The zero-order valence-corrected chi connectivity index (χ0v) is 26.8. The molecule has 0 spiro atoms. The summed E-state index contributed by atoms with van der Waals surface area (Å²) in [6.07, 6.45) is 0. The van der Waals surface area contributed by atoms with Crippen molar-refractivity contribution in [2.45, 2.75) is 0 Å². The lowest BCUT2D eigenvalue weighted by atomic mass is 9.81. The van der Waals surface area contributed by atoms with E-state index >= 15 is 0 Å². The van der Waals surface area contributed by atoms with Gasteiger partial charge in [-0.2, -0.15) is 0 Å². The van der Waals surface area contributed by atoms with Gasteiger partial charge in [0.15, 0.2) is 13.2 Å². The van der Waals surface area contributed by atoms with E-state index in [9.17, 15) is 19.8 Å². The molecule has 6 nitrogen and oxygen atoms in total. The van der Waals surface area contributed by atoms with Crippen LogP contribution in [0.15, 0.2) is 146 Å². The normalized spacial score (nSPS) is 11.3. The molecule has 0 unspecified atom stereocenters. The van der Waals surface area contributed by atoms with Gasteiger partial charge >= 0.3 is 11.9 Å². The third-order valence-electron chi connectivity index (χ3n) is 9.07. The molecule has 0 fully saturated rings. The Kier molecular flexibility index (Phi) is 7.82. The Morgan fingerprint density at radius 3 is 1.18 bits per heavy atom. The Morgan fingerprint density at radius 1 is 0.420 bits per heavy atom. The number of fused-ring (bicyclic) bond motifs is 6. The summed E-state index contributed by atoms with van der Waals surface area (Å²) in [5, 5.41) is 27.4. The summed E-state index contributed by atoms with van der Waals surface area (Å²) in [6, 6.07) is 48.1. The largest absolute Gasteiger partial charge is 0.481 e. The van der Waals surface area contributed by atoms with Gasteiger partial charge in [0.2, 0.25) is 0 Å². The minimum atomic E-state index is -1.12. The first-order valence-electron chi connectivity index (χ1n) is 16.3. The van der Waals surface area contributed by atoms with Gasteiger partial charge in [-0.15, -0.1) is 0 Å². The molecular weight excluding hydrogens is 624 g/mol. The van der Waals surface area contributed by atoms with Crippen molar-refractivity contribution in [3.05, 3.63) is 146 Å². The SMILES string of the molecule is O=C(O)COc1cc2ccc3ccccc3c2c(-c2ccccc2)c1-c1c(OCC(=O)O)cc2ccc3ccccc3c2c1-c1ccccc1. The fraction of sp³-hybridized carbons (Fsp3) is 0.0455. The Bertz CT molecular complexity index is 2410. The average molecular weight is 655 g/mol. The molecule has 0 saturated carbocycles. The van der Waals surface area contributed by atoms with E-state index in [4.69, 9.17) is 9.47 Å². The third-order valence-corrected chi connectivity index (χ3v) is 9.07. The van der Waals surface area contributed by atoms with Crippen molar-refractivity contribution < 1.29 is 29.3 Å². The summed E-state index contributed by atoms with van der Waals surface area (Å²) in [5.74, 6) is -1.56. The maximum atomic E-state index is 12.1. The molecule has 8 aromatic carbocycles. The Balaban J connectivity index is 1.66. The van der Waals surface area contributed by atoms with Gasteiger partial charge in [0.25, 0.3) is 0 Å². The third kappa shape index (κ3) is 5.43. The van der Waals surface area contributed by atoms with Gasteiger partial charge in [0.1, 0.15) is 11.5 Å². The number of carboxylic acid groups (broad SMARTS) is 2. The van der Waals surface area contributed by atoms with Crippen LogP contribution in [0.5, 0.6) is 11.5 Å². The molecule has 0 radical (unpaired) electrons. The maximum absolute atomic E-state index is 12.1. The maximum Gasteiger partial charge on any atom is 0.341 e. The van der Waals surface area contributed by atoms with Crippen LogP contribution in [0.4, 0.5) is 0 Å². The number of rotatable bonds is 9. The smallest absolute Gasteiger partial charge is 0.341 e. The molecule has 0 bridgehead atoms. The minimum Gasteiger partial charge on any atom is -0.481 e. The fourth-order valence-electron chi connectivity index (χ4n) is 7.09. The van der Waals surface area contributed by atoms with Crippen molar-refractivity contribution >= 4 is 55.0 Å². The summed E-state index contributed by atoms with van der Waals surface area (Å²) >= 11 is 0. The molecule has 0 aliphatic carbocycles. The molecule has 6 heteroatoms. The topological polar surface area (TPSA) is 93.1 Å². The lowest BCUT2D eigenvalue weighted by Crippen LogP contribution is -2.12. The molecule has 0 aliphatic heterocycles. The molecule has 0 amide bonds. The van der Waals surface area contributed by atoms with Crippen molar-refractivity contribution in [3.8, 4) is 44.9 Å². The zero-order chi connectivity index (χ0) is 34.2. The van der Waals surface area contributed by atoms with Crippen LogP contribution >= 0.6 is 0 Å². The Hall–Kier alpha value is -6.66. The molecule has 8 rings (SSSR count). The number of benzene rings is 8. The second-order valence-corrected chi connectivity index (χ2v) is 12.1. The number of carboxylic acids is 2. The van der Waals surface area contributed by atoms with Crippen LogP contribution < -0.4 is 9.47 Å². The van der Waals surface area contributed by atoms with Crippen LogP contribution in [0, 0.1) is 0 Å². The predicted octanol–water partition coefficient (Wildman–Crippen LogP) is 10.2. The fourth-order valence-corrected chi connectivity index (χ4v) is 7.09. The van der Waals surface area contributed by atoms with Gasteiger partial charge in [-0.05, 0) is 66.3 Å². The molecule has 242 valence electrons. The van der Waals surface area contributed by atoms with Crippen molar-refractivity contribution in [2.24, 2.45) is 0 Å². The number of hydrogen-bond donors (Lipinski definition) is 2. The molecule has 50 heavy (non-hydrogen) atoms. The molecule has 8 aromatic rings. The number of carbonyl (C=O) groups is 2. The highest BCUT2D eigenvalue weighted by molar-refractivity contribution is 6.23. The first kappa shape index (κ1) is 30.7. The van der Waals surface area contributed by atoms with Crippen LogP contribution in [-0.2, 0) is 9.59 Å². The van der Waals surface area contributed by atoms with E-state index in [2.05, 4.69) is 24.3 Å². The minimum absolute atomic E-state index is 0.339. The Labute approximate surface area is 287 Å². The summed E-state index contributed by atoms with van der Waals surface area (Å²) in [5.41, 5.74) is 4.61. The van der Waals surface area contributed by atoms with Crippen molar-refractivity contribution in [1.82, 2.24) is 0 Å². The van der Waals surface area contributed by atoms with E-state index in [1.54, 1.807) is 0 Å². The number of hydrogen-bond acceptors (Lipinski definition) is 4. The summed E-state index contributed by atoms with van der Waals surface area (Å²) in [6.45, 7) is -1.16. The van der Waals surface area contributed by atoms with Gasteiger partial charge in [-0.3, -0.25) is 0 Å². The average Bonchev–Trinajstić information content (AvgIpc) is 3.15. The van der Waals surface area contributed by atoms with Gasteiger partial charge in [-0.25, -0.2) is 9.59 Å². The predicted molar refractivity (Wildman–Crippen MR) is 199 cm³/mol. The second-order valence-electron chi connectivity index (χ2n) is 12.1. The highest BCUT2D eigenvalue weighted by Gasteiger charge is 2.28. The second kappa shape index (κ2) is 12.7. The van der Waals surface area contributed by atoms with Gasteiger partial charge in [-0.1, -0.05) is 133 Å². The molecule has 0 aliphatic rings. The van der Waals surface area contributed by atoms with Crippen LogP contribution in [0.2, 0.25) is 0 Å². The van der Waals surface area contributed by atoms with Crippen LogP contribution in [-0.4, -0.2) is 35.4 Å². The van der Waals surface area contributed by atoms with Crippen LogP contribution in [0.3, 0.4) is 0 Å². The number of aliphatic carboxylic acids is 2. The zero-order valence-electron chi connectivity index (χ0n) is 26.8. The molecule has 0 atom stereocenters. The van der Waals surface area contributed by atoms with Gasteiger partial charge in [0, 0.05) is 22.3 Å². The van der Waals surface area contributed by atoms with E-state index in [1.165, 1.54) is 0 Å². The monoisotopic (exact) mass is 654 g/mol. The highest BCUT2D eigenvalue weighted by Crippen LogP contribution is 2.54. The lowest BCUT2D eigenvalue weighted by molar-refractivity contribution is -0.140. The summed E-state index contributed by atoms with van der Waals surface area (Å²) < 4.78 is 12.5. The molecule has 0 aromatic heterocycles. The standard InChI is InChI=1S/C44H30O6/c45-37(46)25-49-35-23-31-21-19-27-11-7-9-17-33(27)39(31)41(29-13-3-1-4-14-29)43(35)44-36(50-26-38(47)48)24-32-22-20-28-12-8-10-18-34(28)40(32)42(44)30-15-5-2-6-16-30/h1-24H,25-26H2,(H,45,46)(H,47,48). The van der Waals surface area contributed by atoms with Crippen molar-refractivity contribution in [3.63, 3.8) is 0 Å². The quantitative estimate of drug-likeness (QED) is 0.151. The van der Waals surface area contributed by atoms with E-state index in [0.717, 1.165) is 65.3 Å². The Morgan fingerprint density at radius 2 is 0.780 bits per heavy atom. The lowest BCUT2D eigenvalue weighted by Gasteiger charge is -2.25. The highest BCUT2D eigenvalue weighted by atomic mass is 16.5. The van der Waals surface area contributed by atoms with Gasteiger partial charge < -0.3 is 19.7 Å². The summed E-state index contributed by atoms with van der Waals surface area (Å²) in [4.78, 5) is 24.1. The van der Waals surface area contributed by atoms with Crippen molar-refractivity contribution in [1.29, 1.82) is 0 Å². The molecule has 0 heterocycles. The van der Waals surface area contributed by atoms with E-state index < -0.39 is 25.2 Å². The summed E-state index contributed by atoms with van der Waals surface area (Å²) in [7, 11) is 0. The van der Waals surface area contributed by atoms with Crippen molar-refractivity contribution in [2.75, 3.05) is 13.2 Å². The van der Waals surface area contributed by atoms with Gasteiger partial charge in [0.05, 0.1) is 0 Å². The molecule has 0 saturated heterocycles. The van der Waals surface area contributed by atoms with E-state index in [-0.39, 0.29) is 0 Å². The first-order chi connectivity index (χ1) is 24.5. The van der Waals surface area contributed by atoms with E-state index in [1.807, 2.05) is 121 Å². The first-order valence-corrected chi connectivity index (χ1v) is 16.3.